The molecule has 3 aromatic rings. The number of carbonyl (C=O) groups is 3. The van der Waals surface area contributed by atoms with E-state index in [0.29, 0.717) is 41.4 Å². The van der Waals surface area contributed by atoms with E-state index in [4.69, 9.17) is 30.5 Å². The monoisotopic (exact) mass is 890 g/mol. The summed E-state index contributed by atoms with van der Waals surface area (Å²) in [4.78, 5) is 33.3. The molecule has 0 unspecified atom stereocenters. The van der Waals surface area contributed by atoms with Gasteiger partial charge in [-0.15, -0.1) is 0 Å². The number of ether oxygens (including phenoxy) is 3. The minimum absolute atomic E-state index is 0.0124. The summed E-state index contributed by atoms with van der Waals surface area (Å²) in [6.45, 7) is 28.6. The predicted octanol–water partition coefficient (Wildman–Crippen LogP) is 7.49. The molecule has 0 atom stereocenters. The minimum atomic E-state index is -1.65. The first-order chi connectivity index (χ1) is 28.4. The first-order valence-corrected chi connectivity index (χ1v) is 26.4. The van der Waals surface area contributed by atoms with Crippen LogP contribution in [0.5, 0.6) is 0 Å². The molecule has 3 rings (SSSR count). The van der Waals surface area contributed by atoms with Crippen LogP contribution in [0.4, 0.5) is 0 Å². The van der Waals surface area contributed by atoms with Gasteiger partial charge in [-0.1, -0.05) is 84.9 Å². The molecule has 15 heteroatoms. The van der Waals surface area contributed by atoms with Crippen LogP contribution < -0.4 is 16.8 Å². The second-order valence-electron chi connectivity index (χ2n) is 16.8. The van der Waals surface area contributed by atoms with Gasteiger partial charge in [0.25, 0.3) is 0 Å². The lowest BCUT2D eigenvalue weighted by molar-refractivity contribution is 0.0592. The first-order valence-electron chi connectivity index (χ1n) is 20.6. The molecule has 3 aromatic carbocycles. The molecule has 346 valence electrons. The molecule has 7 N–H and O–H groups in total. The summed E-state index contributed by atoms with van der Waals surface area (Å²) in [7, 11) is 0.954. The number of nitrogens with one attached hydrogen (secondary N) is 1. The zero-order chi connectivity index (χ0) is 47.3. The molecular formula is C46H79N3O10Si2. The van der Waals surface area contributed by atoms with Crippen molar-refractivity contribution in [2.75, 3.05) is 60.8 Å². The molecule has 0 saturated heterocycles. The van der Waals surface area contributed by atoms with E-state index in [-0.39, 0.29) is 36.2 Å². The van der Waals surface area contributed by atoms with Gasteiger partial charge in [-0.3, -0.25) is 0 Å². The maximum absolute atomic E-state index is 11.3. The van der Waals surface area contributed by atoms with E-state index >= 15 is 0 Å². The Hall–Kier alpha value is -3.78. The summed E-state index contributed by atoms with van der Waals surface area (Å²) >= 11 is 0. The smallest absolute Gasteiger partial charge is 0.337 e. The lowest BCUT2D eigenvalue weighted by Crippen LogP contribution is -2.42. The molecule has 0 aliphatic rings. The van der Waals surface area contributed by atoms with Crippen LogP contribution in [0.1, 0.15) is 96.2 Å². The minimum Gasteiger partial charge on any atom is -0.465 e. The van der Waals surface area contributed by atoms with E-state index in [1.165, 1.54) is 26.9 Å². The summed E-state index contributed by atoms with van der Waals surface area (Å²) in [5, 5.41) is 20.4. The number of carbonyl (C=O) groups excluding carboxylic acids is 3. The maximum Gasteiger partial charge on any atom is 0.337 e. The lowest BCUT2D eigenvalue weighted by Gasteiger charge is -2.36. The lowest BCUT2D eigenvalue weighted by atomic mass is 10.1. The molecule has 0 bridgehead atoms. The predicted molar refractivity (Wildman–Crippen MR) is 252 cm³/mol. The Morgan fingerprint density at radius 2 is 0.902 bits per heavy atom. The SMILES string of the molecule is CC(C)(C)[Si](C)(C)OCCN.CCc1ccc(C(=O)OC)cc1.COC(=O)c1ccc(CNCCO[Si](C)(C)C(C)(C)C)cc1.COC(=O)c1ccc(CO)cc1.NCCO. The molecule has 0 amide bonds. The van der Waals surface area contributed by atoms with E-state index in [1.807, 2.05) is 24.3 Å². The fourth-order valence-corrected chi connectivity index (χ4v) is 6.20. The average molecular weight is 890 g/mol. The number of hydrogen-bond acceptors (Lipinski definition) is 13. The average Bonchev–Trinajstić information content (AvgIpc) is 3.24. The number of nitrogens with two attached hydrogens (primary N) is 2. The topological polar surface area (TPSA) is 202 Å². The number of rotatable bonds is 15. The maximum atomic E-state index is 11.3. The Kier molecular flexibility index (Phi) is 30.3. The van der Waals surface area contributed by atoms with Gasteiger partial charge in [0.1, 0.15) is 0 Å². The molecule has 0 aromatic heterocycles. The summed E-state index contributed by atoms with van der Waals surface area (Å²) in [6.07, 6.45) is 0.988. The summed E-state index contributed by atoms with van der Waals surface area (Å²) in [5.41, 5.74) is 15.0. The van der Waals surface area contributed by atoms with E-state index in [0.717, 1.165) is 37.2 Å². The second kappa shape index (κ2) is 31.1. The quantitative estimate of drug-likeness (QED) is 0.0435. The highest BCUT2D eigenvalue weighted by Gasteiger charge is 2.37. The molecule has 61 heavy (non-hydrogen) atoms. The van der Waals surface area contributed by atoms with Gasteiger partial charge in [0, 0.05) is 39.4 Å². The van der Waals surface area contributed by atoms with Crippen molar-refractivity contribution in [1.29, 1.82) is 0 Å². The molecule has 13 nitrogen and oxygen atoms in total. The van der Waals surface area contributed by atoms with Crippen LogP contribution in [0.3, 0.4) is 0 Å². The van der Waals surface area contributed by atoms with Crippen molar-refractivity contribution >= 4 is 34.5 Å². The summed E-state index contributed by atoms with van der Waals surface area (Å²) in [6, 6.07) is 21.5. The van der Waals surface area contributed by atoms with Crippen molar-refractivity contribution in [2.45, 2.75) is 104 Å². The molecule has 0 aliphatic heterocycles. The normalized spacial score (nSPS) is 11.1. The number of aryl methyl sites for hydroxylation is 1. The Bertz CT molecular complexity index is 1560. The van der Waals surface area contributed by atoms with E-state index in [1.54, 1.807) is 48.5 Å². The number of aliphatic hydroxyl groups excluding tert-OH is 2. The Labute approximate surface area is 369 Å². The second-order valence-corrected chi connectivity index (χ2v) is 26.4. The Morgan fingerprint density at radius 3 is 1.18 bits per heavy atom. The highest BCUT2D eigenvalue weighted by molar-refractivity contribution is 6.74. The summed E-state index contributed by atoms with van der Waals surface area (Å²) < 4.78 is 25.6. The summed E-state index contributed by atoms with van der Waals surface area (Å²) in [5.74, 6) is -0.945. The van der Waals surface area contributed by atoms with E-state index in [9.17, 15) is 14.4 Å². The third kappa shape index (κ3) is 25.1. The van der Waals surface area contributed by atoms with Crippen LogP contribution in [-0.4, -0.2) is 106 Å². The van der Waals surface area contributed by atoms with Crippen molar-refractivity contribution in [3.05, 3.63) is 106 Å². The largest absolute Gasteiger partial charge is 0.465 e. The van der Waals surface area contributed by atoms with Gasteiger partial charge < -0.3 is 50.1 Å². The first kappa shape index (κ1) is 59.3. The molecule has 0 fully saturated rings. The Balaban J connectivity index is 0. The fraction of sp³-hybridized carbons (Fsp3) is 0.543. The fourth-order valence-electron chi connectivity index (χ4n) is 4.09. The van der Waals surface area contributed by atoms with Crippen LogP contribution in [-0.2, 0) is 42.6 Å². The van der Waals surface area contributed by atoms with Crippen LogP contribution in [0.2, 0.25) is 36.3 Å². The van der Waals surface area contributed by atoms with Gasteiger partial charge in [-0.05, 0) is 95.8 Å². The van der Waals surface area contributed by atoms with Crippen molar-refractivity contribution in [3.8, 4) is 0 Å². The van der Waals surface area contributed by atoms with Crippen molar-refractivity contribution < 1.29 is 47.7 Å². The van der Waals surface area contributed by atoms with Gasteiger partial charge in [0.15, 0.2) is 16.6 Å². The van der Waals surface area contributed by atoms with Gasteiger partial charge >= 0.3 is 17.9 Å². The number of hydrogen-bond donors (Lipinski definition) is 5. The zero-order valence-corrected chi connectivity index (χ0v) is 41.6. The third-order valence-electron chi connectivity index (χ3n) is 10.1. The highest BCUT2D eigenvalue weighted by atomic mass is 28.4. The van der Waals surface area contributed by atoms with Gasteiger partial charge in [-0.2, -0.15) is 0 Å². The highest BCUT2D eigenvalue weighted by Crippen LogP contribution is 2.37. The van der Waals surface area contributed by atoms with Gasteiger partial charge in [-0.25, -0.2) is 14.4 Å². The standard InChI is InChI=1S/C17H29NO3Si.C10H12O2.C9H10O3.C8H21NOSi.C2H7NO/c1-17(2,3)22(5,6)21-12-11-18-13-14-7-9-15(10-8-14)16(19)20-4;1-3-8-4-6-9(7-5-8)10(11)12-2;1-12-9(11)8-4-2-7(6-10)3-5-8;1-8(2,3)11(4,5)10-7-6-9;3-1-2-4/h7-10,18H,11-13H2,1-6H3;4-7H,3H2,1-2H3;2-5,10H,6H2,1H3;6-7,9H2,1-5H3;4H,1-3H2. The molecule has 0 radical (unpaired) electrons. The van der Waals surface area contributed by atoms with Gasteiger partial charge in [0.05, 0.1) is 51.2 Å². The van der Waals surface area contributed by atoms with Crippen molar-refractivity contribution in [1.82, 2.24) is 5.32 Å². The molecule has 0 aliphatic carbocycles. The van der Waals surface area contributed by atoms with Crippen molar-refractivity contribution in [3.63, 3.8) is 0 Å². The van der Waals surface area contributed by atoms with Gasteiger partial charge in [0.2, 0.25) is 0 Å². The van der Waals surface area contributed by atoms with Crippen LogP contribution >= 0.6 is 0 Å². The molecule has 0 spiro atoms. The van der Waals surface area contributed by atoms with E-state index in [2.05, 4.69) is 94.2 Å². The molecule has 0 heterocycles. The number of benzene rings is 3. The number of methoxy groups -OCH3 is 3. The van der Waals surface area contributed by atoms with Crippen LogP contribution in [0, 0.1) is 0 Å². The number of aliphatic hydroxyl groups is 2. The Morgan fingerprint density at radius 1 is 0.574 bits per heavy atom. The zero-order valence-electron chi connectivity index (χ0n) is 39.6. The van der Waals surface area contributed by atoms with Crippen molar-refractivity contribution in [2.24, 2.45) is 11.5 Å². The molecular weight excluding hydrogens is 811 g/mol. The van der Waals surface area contributed by atoms with E-state index < -0.39 is 16.6 Å². The van der Waals surface area contributed by atoms with Crippen LogP contribution in [0.15, 0.2) is 72.8 Å². The molecule has 0 saturated carbocycles. The third-order valence-corrected chi connectivity index (χ3v) is 19.2. The number of esters is 3. The van der Waals surface area contributed by atoms with Crippen LogP contribution in [0.25, 0.3) is 0 Å².